The molecule has 0 bridgehead atoms. The molecule has 170 valence electrons. The van der Waals surface area contributed by atoms with Crippen LogP contribution in [0.15, 0.2) is 25.0 Å². The van der Waals surface area contributed by atoms with Crippen molar-refractivity contribution in [2.45, 2.75) is 37.1 Å². The van der Waals surface area contributed by atoms with E-state index in [1.165, 1.54) is 12.7 Å². The fourth-order valence-corrected chi connectivity index (χ4v) is 4.87. The van der Waals surface area contributed by atoms with Gasteiger partial charge >= 0.3 is 0 Å². The van der Waals surface area contributed by atoms with Gasteiger partial charge in [-0.3, -0.25) is 0 Å². The van der Waals surface area contributed by atoms with Crippen LogP contribution in [0.25, 0.3) is 11.2 Å². The van der Waals surface area contributed by atoms with Crippen LogP contribution in [0.2, 0.25) is 5.15 Å². The monoisotopic (exact) mass is 460 g/mol. The third-order valence-corrected chi connectivity index (χ3v) is 6.55. The zero-order valence-corrected chi connectivity index (χ0v) is 18.3. The first-order valence-corrected chi connectivity index (χ1v) is 10.9. The van der Waals surface area contributed by atoms with E-state index < -0.39 is 12.2 Å². The van der Waals surface area contributed by atoms with Crippen LogP contribution in [0.3, 0.4) is 0 Å². The highest BCUT2D eigenvalue weighted by Gasteiger charge is 2.43. The normalized spacial score (nSPS) is 28.0. The molecular weight excluding hydrogens is 436 g/mol. The minimum absolute atomic E-state index is 0.142. The van der Waals surface area contributed by atoms with Gasteiger partial charge in [0.2, 0.25) is 0 Å². The molecule has 3 N–H and O–H groups in total. The van der Waals surface area contributed by atoms with Gasteiger partial charge < -0.3 is 29.7 Å². The van der Waals surface area contributed by atoms with Crippen LogP contribution in [0.5, 0.6) is 0 Å². The predicted octanol–water partition coefficient (Wildman–Crippen LogP) is 0.890. The Hall–Kier alpha value is -2.60. The summed E-state index contributed by atoms with van der Waals surface area (Å²) in [7, 11) is 1.59. The van der Waals surface area contributed by atoms with Crippen molar-refractivity contribution in [2.24, 2.45) is 5.92 Å². The second-order valence-corrected chi connectivity index (χ2v) is 8.71. The molecule has 5 atom stereocenters. The average molecular weight is 461 g/mol. The van der Waals surface area contributed by atoms with E-state index in [2.05, 4.69) is 35.1 Å². The lowest BCUT2D eigenvalue weighted by Crippen LogP contribution is -2.30. The molecule has 2 aliphatic rings. The van der Waals surface area contributed by atoms with E-state index in [0.717, 1.165) is 25.3 Å². The Balaban J connectivity index is 1.34. The number of nitrogens with zero attached hydrogens (tertiary/aromatic N) is 7. The molecule has 12 heteroatoms. The summed E-state index contributed by atoms with van der Waals surface area (Å²) in [5, 5.41) is 24.9. The Morgan fingerprint density at radius 2 is 2.00 bits per heavy atom. The summed E-state index contributed by atoms with van der Waals surface area (Å²) < 4.78 is 7.02. The summed E-state index contributed by atoms with van der Waals surface area (Å²) in [5.41, 5.74) is 1.25. The van der Waals surface area contributed by atoms with E-state index >= 15 is 0 Å². The molecule has 1 aliphatic heterocycles. The third kappa shape index (κ3) is 3.85. The number of imidazole rings is 1. The van der Waals surface area contributed by atoms with Gasteiger partial charge in [0.15, 0.2) is 11.5 Å². The van der Waals surface area contributed by atoms with Gasteiger partial charge in [0.1, 0.15) is 35.2 Å². The number of methoxy groups -OCH3 is 1. The van der Waals surface area contributed by atoms with Crippen molar-refractivity contribution < 1.29 is 14.9 Å². The van der Waals surface area contributed by atoms with Gasteiger partial charge in [0, 0.05) is 38.2 Å². The lowest BCUT2D eigenvalue weighted by molar-refractivity contribution is -0.00886. The Bertz CT molecular complexity index is 1100. The molecule has 0 amide bonds. The van der Waals surface area contributed by atoms with Crippen molar-refractivity contribution >= 4 is 34.4 Å². The number of ether oxygens (including phenoxy) is 1. The maximum absolute atomic E-state index is 10.6. The van der Waals surface area contributed by atoms with Crippen LogP contribution in [0, 0.1) is 5.92 Å². The Labute approximate surface area is 189 Å². The van der Waals surface area contributed by atoms with Crippen molar-refractivity contribution in [1.29, 1.82) is 0 Å². The highest BCUT2D eigenvalue weighted by atomic mass is 35.5. The first-order chi connectivity index (χ1) is 15.5. The maximum atomic E-state index is 10.6. The quantitative estimate of drug-likeness (QED) is 0.455. The van der Waals surface area contributed by atoms with Gasteiger partial charge in [-0.25, -0.2) is 24.9 Å². The summed E-state index contributed by atoms with van der Waals surface area (Å²) in [6.45, 7) is 1.96. The van der Waals surface area contributed by atoms with Crippen LogP contribution >= 0.6 is 11.6 Å². The van der Waals surface area contributed by atoms with Gasteiger partial charge in [0.25, 0.3) is 0 Å². The van der Waals surface area contributed by atoms with Crippen LogP contribution in [0.1, 0.15) is 18.9 Å². The summed E-state index contributed by atoms with van der Waals surface area (Å²) in [6.07, 6.45) is 4.32. The van der Waals surface area contributed by atoms with Gasteiger partial charge in [-0.1, -0.05) is 11.6 Å². The number of hydrogen-bond acceptors (Lipinski definition) is 10. The van der Waals surface area contributed by atoms with Crippen LogP contribution < -0.4 is 10.2 Å². The Morgan fingerprint density at radius 3 is 2.81 bits per heavy atom. The number of aliphatic hydroxyl groups excluding tert-OH is 2. The fraction of sp³-hybridized carbons (Fsp3) is 0.550. The van der Waals surface area contributed by atoms with E-state index in [9.17, 15) is 10.2 Å². The van der Waals surface area contributed by atoms with Crippen LogP contribution in [0.4, 0.5) is 11.6 Å². The van der Waals surface area contributed by atoms with Crippen molar-refractivity contribution in [3.63, 3.8) is 0 Å². The molecular formula is C20H25ClN8O3. The molecule has 1 aliphatic carbocycles. The minimum atomic E-state index is -0.915. The lowest BCUT2D eigenvalue weighted by Gasteiger charge is -2.19. The van der Waals surface area contributed by atoms with Gasteiger partial charge in [-0.05, 0) is 12.8 Å². The second kappa shape index (κ2) is 8.74. The zero-order chi connectivity index (χ0) is 22.2. The van der Waals surface area contributed by atoms with E-state index in [4.69, 9.17) is 16.3 Å². The number of nitrogens with one attached hydrogen (secondary N) is 1. The number of aromatic nitrogens is 6. The van der Waals surface area contributed by atoms with Gasteiger partial charge in [0.05, 0.1) is 25.1 Å². The second-order valence-electron chi connectivity index (χ2n) is 8.32. The molecule has 1 saturated carbocycles. The van der Waals surface area contributed by atoms with E-state index in [0.29, 0.717) is 35.2 Å². The van der Waals surface area contributed by atoms with Crippen molar-refractivity contribution in [2.75, 3.05) is 37.0 Å². The molecule has 1 saturated heterocycles. The molecule has 3 aromatic rings. The first kappa shape index (κ1) is 21.3. The number of hydrogen-bond donors (Lipinski definition) is 3. The first-order valence-electron chi connectivity index (χ1n) is 10.6. The minimum Gasteiger partial charge on any atom is -0.390 e. The maximum Gasteiger partial charge on any atom is 0.165 e. The highest BCUT2D eigenvalue weighted by Crippen LogP contribution is 2.37. The Kier molecular flexibility index (Phi) is 5.80. The third-order valence-electron chi connectivity index (χ3n) is 6.34. The van der Waals surface area contributed by atoms with E-state index in [1.54, 1.807) is 19.5 Å². The summed E-state index contributed by atoms with van der Waals surface area (Å²) in [6, 6.07) is 1.58. The molecule has 0 aromatic carbocycles. The number of halogens is 1. The number of aliphatic hydroxyl groups is 2. The van der Waals surface area contributed by atoms with Crippen molar-refractivity contribution in [1.82, 2.24) is 29.5 Å². The van der Waals surface area contributed by atoms with Crippen LogP contribution in [-0.4, -0.2) is 84.8 Å². The molecule has 3 aromatic heterocycles. The zero-order valence-electron chi connectivity index (χ0n) is 17.5. The van der Waals surface area contributed by atoms with Gasteiger partial charge in [-0.15, -0.1) is 0 Å². The average Bonchev–Trinajstić information content (AvgIpc) is 3.49. The topological polar surface area (TPSA) is 134 Å². The number of rotatable bonds is 6. The Morgan fingerprint density at radius 1 is 1.16 bits per heavy atom. The highest BCUT2D eigenvalue weighted by molar-refractivity contribution is 6.29. The molecule has 5 rings (SSSR count). The predicted molar refractivity (Wildman–Crippen MR) is 118 cm³/mol. The molecule has 11 nitrogen and oxygen atoms in total. The number of anilines is 2. The largest absolute Gasteiger partial charge is 0.390 e. The number of fused-ring (bicyclic) bond motifs is 1. The summed E-state index contributed by atoms with van der Waals surface area (Å²) in [4.78, 5) is 23.7. The van der Waals surface area contributed by atoms with E-state index in [-0.39, 0.29) is 18.0 Å². The lowest BCUT2D eigenvalue weighted by atomic mass is 10.1. The molecule has 0 unspecified atom stereocenters. The smallest absolute Gasteiger partial charge is 0.165 e. The van der Waals surface area contributed by atoms with E-state index in [1.807, 2.05) is 4.57 Å². The standard InChI is InChI=1S/C20H25ClN8O3/c1-32-7-11-4-13(18(31)17(11)30)29-10-26-16-19(24-9-25-20(16)29)27-12-2-3-28(6-12)15-5-14(21)22-8-23-15/h5,8-13,17-18,30-31H,2-4,6-7H2,1H3,(H,24,25,27)/t11-,12+,13-,17+,18-/m1/s1. The molecule has 0 radical (unpaired) electrons. The molecule has 2 fully saturated rings. The summed E-state index contributed by atoms with van der Waals surface area (Å²) >= 11 is 6.00. The van der Waals surface area contributed by atoms with Gasteiger partial charge in [-0.2, -0.15) is 0 Å². The van der Waals surface area contributed by atoms with Crippen molar-refractivity contribution in [3.8, 4) is 0 Å². The summed E-state index contributed by atoms with van der Waals surface area (Å²) in [5.74, 6) is 1.30. The molecule has 0 spiro atoms. The SMILES string of the molecule is COC[C@H]1C[C@@H](n2cnc3c(N[C@H]4CCN(c5cc(Cl)ncn5)C4)ncnc32)[C@@H](O)[C@H]1O. The fourth-order valence-electron chi connectivity index (χ4n) is 4.73. The molecule has 4 heterocycles. The molecule has 32 heavy (non-hydrogen) atoms. The van der Waals surface area contributed by atoms with Crippen molar-refractivity contribution in [3.05, 3.63) is 30.2 Å². The van der Waals surface area contributed by atoms with Crippen LogP contribution in [-0.2, 0) is 4.74 Å².